The standard InChI is InChI=1S/C12H12F3NO3/c1-7-4-3-5-8-10(7)16-11(19-8,12(13,14)15)6-9(17)18-2/h3-5,16H,6H2,1-2H3. The first-order valence-corrected chi connectivity index (χ1v) is 5.49. The molecule has 1 aromatic rings. The normalized spacial score (nSPS) is 21.3. The van der Waals surface area contributed by atoms with Crippen LogP contribution in [0.2, 0.25) is 0 Å². The van der Waals surface area contributed by atoms with E-state index in [2.05, 4.69) is 10.1 Å². The van der Waals surface area contributed by atoms with Crippen LogP contribution in [0.3, 0.4) is 0 Å². The van der Waals surface area contributed by atoms with E-state index in [1.54, 1.807) is 19.1 Å². The highest BCUT2D eigenvalue weighted by Gasteiger charge is 2.62. The van der Waals surface area contributed by atoms with Gasteiger partial charge in [-0.2, -0.15) is 13.2 Å². The number of alkyl halides is 3. The van der Waals surface area contributed by atoms with Crippen molar-refractivity contribution in [1.82, 2.24) is 0 Å². The SMILES string of the molecule is COC(=O)CC1(C(F)(F)F)Nc2c(C)cccc2O1. The van der Waals surface area contributed by atoms with Gasteiger partial charge in [0, 0.05) is 0 Å². The fourth-order valence-electron chi connectivity index (χ4n) is 1.89. The highest BCUT2D eigenvalue weighted by Crippen LogP contribution is 2.47. The van der Waals surface area contributed by atoms with E-state index < -0.39 is 24.3 Å². The summed E-state index contributed by atoms with van der Waals surface area (Å²) in [5.74, 6) is -0.934. The maximum absolute atomic E-state index is 13.2. The predicted molar refractivity (Wildman–Crippen MR) is 60.8 cm³/mol. The van der Waals surface area contributed by atoms with E-state index in [0.29, 0.717) is 5.56 Å². The summed E-state index contributed by atoms with van der Waals surface area (Å²) >= 11 is 0. The third-order valence-electron chi connectivity index (χ3n) is 2.92. The van der Waals surface area contributed by atoms with Gasteiger partial charge >= 0.3 is 12.1 Å². The predicted octanol–water partition coefficient (Wildman–Crippen LogP) is 2.62. The lowest BCUT2D eigenvalue weighted by molar-refractivity contribution is -0.236. The molecule has 0 spiro atoms. The molecule has 1 atom stereocenters. The molecule has 1 N–H and O–H groups in total. The minimum atomic E-state index is -4.76. The van der Waals surface area contributed by atoms with E-state index in [9.17, 15) is 18.0 Å². The Labute approximate surface area is 107 Å². The maximum atomic E-state index is 13.2. The second-order valence-electron chi connectivity index (χ2n) is 4.25. The fraction of sp³-hybridized carbons (Fsp3) is 0.417. The number of ether oxygens (including phenoxy) is 2. The van der Waals surface area contributed by atoms with Crippen LogP contribution in [0.25, 0.3) is 0 Å². The average molecular weight is 275 g/mol. The van der Waals surface area contributed by atoms with Crippen molar-refractivity contribution >= 4 is 11.7 Å². The molecule has 1 aromatic carbocycles. The fourth-order valence-corrected chi connectivity index (χ4v) is 1.89. The van der Waals surface area contributed by atoms with E-state index in [0.717, 1.165) is 7.11 Å². The first kappa shape index (κ1) is 13.5. The van der Waals surface area contributed by atoms with Crippen molar-refractivity contribution in [2.45, 2.75) is 25.2 Å². The van der Waals surface area contributed by atoms with Gasteiger partial charge in [-0.25, -0.2) is 0 Å². The summed E-state index contributed by atoms with van der Waals surface area (Å²) in [4.78, 5) is 11.2. The number of esters is 1. The molecule has 0 fully saturated rings. The van der Waals surface area contributed by atoms with Crippen molar-refractivity contribution in [2.75, 3.05) is 12.4 Å². The highest BCUT2D eigenvalue weighted by atomic mass is 19.4. The molecule has 0 aromatic heterocycles. The van der Waals surface area contributed by atoms with E-state index in [-0.39, 0.29) is 11.4 Å². The van der Waals surface area contributed by atoms with Gasteiger partial charge in [-0.3, -0.25) is 4.79 Å². The number of benzene rings is 1. The van der Waals surface area contributed by atoms with Crippen molar-refractivity contribution in [1.29, 1.82) is 0 Å². The first-order chi connectivity index (χ1) is 8.79. The molecule has 1 heterocycles. The summed E-state index contributed by atoms with van der Waals surface area (Å²) in [6, 6.07) is 4.65. The number of carbonyl (C=O) groups is 1. The summed E-state index contributed by atoms with van der Waals surface area (Å²) in [6.07, 6.45) is -5.71. The number of aryl methyl sites for hydroxylation is 1. The van der Waals surface area contributed by atoms with Crippen LogP contribution < -0.4 is 10.1 Å². The van der Waals surface area contributed by atoms with E-state index in [1.165, 1.54) is 6.07 Å². The van der Waals surface area contributed by atoms with Crippen LogP contribution in [0.5, 0.6) is 5.75 Å². The van der Waals surface area contributed by atoms with Gasteiger partial charge in [0.05, 0.1) is 12.8 Å². The Kier molecular flexibility index (Phi) is 3.07. The smallest absolute Gasteiger partial charge is 0.449 e. The van der Waals surface area contributed by atoms with Crippen LogP contribution in [0, 0.1) is 6.92 Å². The maximum Gasteiger partial charge on any atom is 0.449 e. The minimum absolute atomic E-state index is 0.0706. The topological polar surface area (TPSA) is 47.6 Å². The zero-order valence-corrected chi connectivity index (χ0v) is 10.3. The van der Waals surface area contributed by atoms with Gasteiger partial charge in [-0.15, -0.1) is 0 Å². The van der Waals surface area contributed by atoms with Crippen molar-refractivity contribution in [3.8, 4) is 5.75 Å². The zero-order chi connectivity index (χ0) is 14.3. The van der Waals surface area contributed by atoms with E-state index >= 15 is 0 Å². The molecule has 1 aliphatic heterocycles. The Morgan fingerprint density at radius 1 is 1.47 bits per heavy atom. The Morgan fingerprint density at radius 3 is 2.68 bits per heavy atom. The number of nitrogens with one attached hydrogen (secondary N) is 1. The van der Waals surface area contributed by atoms with Gasteiger partial charge in [-0.1, -0.05) is 12.1 Å². The second-order valence-corrected chi connectivity index (χ2v) is 4.25. The molecule has 19 heavy (non-hydrogen) atoms. The molecule has 0 bridgehead atoms. The number of halogens is 3. The first-order valence-electron chi connectivity index (χ1n) is 5.49. The Balaban J connectivity index is 2.40. The van der Waals surface area contributed by atoms with Gasteiger partial charge in [-0.05, 0) is 18.6 Å². The monoisotopic (exact) mass is 275 g/mol. The molecular formula is C12H12F3NO3. The zero-order valence-electron chi connectivity index (χ0n) is 10.3. The van der Waals surface area contributed by atoms with Crippen molar-refractivity contribution < 1.29 is 27.4 Å². The van der Waals surface area contributed by atoms with Gasteiger partial charge in [0.2, 0.25) is 0 Å². The van der Waals surface area contributed by atoms with Crippen LogP contribution in [-0.2, 0) is 9.53 Å². The Hall–Kier alpha value is -1.92. The Bertz CT molecular complexity index is 515. The number of anilines is 1. The van der Waals surface area contributed by atoms with Crippen LogP contribution >= 0.6 is 0 Å². The van der Waals surface area contributed by atoms with Gasteiger partial charge in [0.1, 0.15) is 12.2 Å². The molecule has 1 unspecified atom stereocenters. The van der Waals surface area contributed by atoms with Crippen molar-refractivity contribution in [3.63, 3.8) is 0 Å². The lowest BCUT2D eigenvalue weighted by Crippen LogP contribution is -2.55. The molecule has 0 radical (unpaired) electrons. The van der Waals surface area contributed by atoms with Gasteiger partial charge in [0.15, 0.2) is 0 Å². The summed E-state index contributed by atoms with van der Waals surface area (Å²) in [7, 11) is 1.03. The molecule has 1 aliphatic rings. The molecule has 0 saturated heterocycles. The molecule has 7 heteroatoms. The van der Waals surface area contributed by atoms with Crippen LogP contribution in [-0.4, -0.2) is 25.0 Å². The Morgan fingerprint density at radius 2 is 2.16 bits per heavy atom. The van der Waals surface area contributed by atoms with Gasteiger partial charge < -0.3 is 14.8 Å². The highest BCUT2D eigenvalue weighted by molar-refractivity contribution is 5.74. The summed E-state index contributed by atoms with van der Waals surface area (Å²) in [5, 5.41) is 2.27. The van der Waals surface area contributed by atoms with E-state index in [1.807, 2.05) is 0 Å². The summed E-state index contributed by atoms with van der Waals surface area (Å²) in [6.45, 7) is 1.65. The number of methoxy groups -OCH3 is 1. The van der Waals surface area contributed by atoms with Gasteiger partial charge in [0.25, 0.3) is 5.72 Å². The largest absolute Gasteiger partial charge is 0.469 e. The van der Waals surface area contributed by atoms with Crippen molar-refractivity contribution in [2.24, 2.45) is 0 Å². The lowest BCUT2D eigenvalue weighted by atomic mass is 10.1. The molecule has 0 saturated carbocycles. The molecule has 104 valence electrons. The average Bonchev–Trinajstić information content (AvgIpc) is 2.69. The number of hydrogen-bond acceptors (Lipinski definition) is 4. The van der Waals surface area contributed by atoms with Crippen LogP contribution in [0.15, 0.2) is 18.2 Å². The summed E-state index contributed by atoms with van der Waals surface area (Å²) in [5.41, 5.74) is -1.92. The number of hydrogen-bond donors (Lipinski definition) is 1. The number of rotatable bonds is 2. The number of carbonyl (C=O) groups excluding carboxylic acids is 1. The van der Waals surface area contributed by atoms with E-state index in [4.69, 9.17) is 4.74 Å². The summed E-state index contributed by atoms with van der Waals surface area (Å²) < 4.78 is 48.9. The van der Waals surface area contributed by atoms with Crippen LogP contribution in [0.4, 0.5) is 18.9 Å². The third kappa shape index (κ3) is 2.20. The number of fused-ring (bicyclic) bond motifs is 1. The minimum Gasteiger partial charge on any atom is -0.469 e. The molecule has 2 rings (SSSR count). The number of para-hydroxylation sites is 1. The van der Waals surface area contributed by atoms with Crippen LogP contribution in [0.1, 0.15) is 12.0 Å². The van der Waals surface area contributed by atoms with Crippen molar-refractivity contribution in [3.05, 3.63) is 23.8 Å². The quantitative estimate of drug-likeness (QED) is 0.843. The molecule has 4 nitrogen and oxygen atoms in total. The molecule has 0 aliphatic carbocycles. The second kappa shape index (κ2) is 4.32. The lowest BCUT2D eigenvalue weighted by Gasteiger charge is -2.30. The molecular weight excluding hydrogens is 263 g/mol. The molecule has 0 amide bonds. The third-order valence-corrected chi connectivity index (χ3v) is 2.92.